The maximum absolute atomic E-state index is 12.5. The third kappa shape index (κ3) is 4.42. The average molecular weight is 378 g/mol. The van der Waals surface area contributed by atoms with Gasteiger partial charge in [-0.25, -0.2) is 0 Å². The molecule has 2 heterocycles. The summed E-state index contributed by atoms with van der Waals surface area (Å²) >= 11 is 0. The lowest BCUT2D eigenvalue weighted by molar-refractivity contribution is -0.131. The van der Waals surface area contributed by atoms with Gasteiger partial charge in [0.25, 0.3) is 0 Å². The Hall–Kier alpha value is -2.66. The van der Waals surface area contributed by atoms with E-state index in [0.717, 1.165) is 51.2 Å². The van der Waals surface area contributed by atoms with E-state index in [2.05, 4.69) is 4.90 Å². The number of rotatable bonds is 6. The molecule has 1 amide bonds. The second-order valence-electron chi connectivity index (χ2n) is 7.57. The van der Waals surface area contributed by atoms with Crippen LogP contribution < -0.4 is 4.74 Å². The van der Waals surface area contributed by atoms with Crippen LogP contribution in [0.5, 0.6) is 5.75 Å². The predicted octanol–water partition coefficient (Wildman–Crippen LogP) is 2.99. The number of benzene rings is 2. The number of carbonyl (C=O) groups is 2. The number of hydrogen-bond acceptors (Lipinski definition) is 4. The van der Waals surface area contributed by atoms with Crippen molar-refractivity contribution in [3.05, 3.63) is 65.7 Å². The quantitative estimate of drug-likeness (QED) is 0.725. The smallest absolute Gasteiger partial charge is 0.236 e. The molecule has 4 rings (SSSR count). The highest BCUT2D eigenvalue weighted by Crippen LogP contribution is 2.20. The Kier molecular flexibility index (Phi) is 5.72. The van der Waals surface area contributed by atoms with Crippen LogP contribution in [0.25, 0.3) is 0 Å². The summed E-state index contributed by atoms with van der Waals surface area (Å²) < 4.78 is 6.08. The summed E-state index contributed by atoms with van der Waals surface area (Å²) in [6.07, 6.45) is 3.25. The molecule has 0 aliphatic carbocycles. The first-order chi connectivity index (χ1) is 13.7. The summed E-state index contributed by atoms with van der Waals surface area (Å²) in [5, 5.41) is 0. The Labute approximate surface area is 165 Å². The van der Waals surface area contributed by atoms with Crippen LogP contribution in [0, 0.1) is 0 Å². The minimum absolute atomic E-state index is 0.0135. The molecule has 0 spiro atoms. The summed E-state index contributed by atoms with van der Waals surface area (Å²) in [6, 6.07) is 16.6. The fraction of sp³-hybridized carbons (Fsp3) is 0.391. The largest absolute Gasteiger partial charge is 0.489 e. The van der Waals surface area contributed by atoms with Gasteiger partial charge in [-0.05, 0) is 43.5 Å². The van der Waals surface area contributed by atoms with Crippen molar-refractivity contribution in [1.82, 2.24) is 9.80 Å². The summed E-state index contributed by atoms with van der Waals surface area (Å²) in [5.74, 6) is 1.02. The molecule has 1 atom stereocenters. The molecule has 0 unspecified atom stereocenters. The molecule has 2 fully saturated rings. The highest BCUT2D eigenvalue weighted by Gasteiger charge is 2.27. The molecule has 0 bridgehead atoms. The molecule has 0 N–H and O–H groups in total. The zero-order valence-electron chi connectivity index (χ0n) is 16.0. The highest BCUT2D eigenvalue weighted by molar-refractivity contribution is 6.08. The predicted molar refractivity (Wildman–Crippen MR) is 108 cm³/mol. The average Bonchev–Trinajstić information content (AvgIpc) is 3.41. The van der Waals surface area contributed by atoms with E-state index in [1.165, 1.54) is 0 Å². The highest BCUT2D eigenvalue weighted by atomic mass is 16.5. The lowest BCUT2D eigenvalue weighted by Crippen LogP contribution is -2.38. The van der Waals surface area contributed by atoms with Crippen LogP contribution in [-0.2, 0) is 4.79 Å². The van der Waals surface area contributed by atoms with E-state index in [9.17, 15) is 9.59 Å². The molecule has 2 aromatic rings. The van der Waals surface area contributed by atoms with Gasteiger partial charge in [0, 0.05) is 37.3 Å². The van der Waals surface area contributed by atoms with Crippen LogP contribution >= 0.6 is 0 Å². The zero-order chi connectivity index (χ0) is 19.3. The lowest BCUT2D eigenvalue weighted by Gasteiger charge is -2.21. The van der Waals surface area contributed by atoms with Gasteiger partial charge >= 0.3 is 0 Å². The third-order valence-electron chi connectivity index (χ3n) is 5.50. The minimum Gasteiger partial charge on any atom is -0.489 e. The van der Waals surface area contributed by atoms with Crippen molar-refractivity contribution in [3.8, 4) is 5.75 Å². The SMILES string of the molecule is O=C(c1ccccc1)c1ccc(O[C@H]2CCN(CC(=O)N3CCCC3)C2)cc1. The van der Waals surface area contributed by atoms with Gasteiger partial charge in [-0.1, -0.05) is 30.3 Å². The normalized spacial score (nSPS) is 19.7. The summed E-state index contributed by atoms with van der Waals surface area (Å²) in [6.45, 7) is 3.95. The molecule has 5 heteroatoms. The van der Waals surface area contributed by atoms with Gasteiger partial charge in [-0.15, -0.1) is 0 Å². The molecule has 2 aliphatic rings. The summed E-state index contributed by atoms with van der Waals surface area (Å²) in [7, 11) is 0. The van der Waals surface area contributed by atoms with Crippen LogP contribution in [-0.4, -0.2) is 60.3 Å². The monoisotopic (exact) mass is 378 g/mol. The van der Waals surface area contributed by atoms with E-state index in [4.69, 9.17) is 4.74 Å². The van der Waals surface area contributed by atoms with Gasteiger partial charge in [0.2, 0.25) is 5.91 Å². The topological polar surface area (TPSA) is 49.9 Å². The van der Waals surface area contributed by atoms with Crippen LogP contribution in [0.3, 0.4) is 0 Å². The second kappa shape index (κ2) is 8.57. The van der Waals surface area contributed by atoms with Crippen LogP contribution in [0.4, 0.5) is 0 Å². The molecule has 5 nitrogen and oxygen atoms in total. The van der Waals surface area contributed by atoms with E-state index in [1.807, 2.05) is 59.5 Å². The maximum atomic E-state index is 12.5. The summed E-state index contributed by atoms with van der Waals surface area (Å²) in [5.41, 5.74) is 1.34. The Morgan fingerprint density at radius 1 is 0.893 bits per heavy atom. The van der Waals surface area contributed by atoms with Crippen molar-refractivity contribution in [1.29, 1.82) is 0 Å². The van der Waals surface area contributed by atoms with E-state index < -0.39 is 0 Å². The molecule has 0 saturated carbocycles. The molecule has 2 saturated heterocycles. The molecule has 0 radical (unpaired) electrons. The van der Waals surface area contributed by atoms with Crippen molar-refractivity contribution < 1.29 is 14.3 Å². The Balaban J connectivity index is 1.29. The standard InChI is InChI=1S/C23H26N2O3/c26-22(25-13-4-5-14-25)17-24-15-12-21(16-24)28-20-10-8-19(9-11-20)23(27)18-6-2-1-3-7-18/h1-3,6-11,21H,4-5,12-17H2/t21-/m0/s1. The number of hydrogen-bond donors (Lipinski definition) is 0. The van der Waals surface area contributed by atoms with Gasteiger partial charge in [0.1, 0.15) is 11.9 Å². The van der Waals surface area contributed by atoms with Gasteiger partial charge in [0.05, 0.1) is 6.54 Å². The number of ether oxygens (including phenoxy) is 1. The number of ketones is 1. The van der Waals surface area contributed by atoms with Crippen LogP contribution in [0.15, 0.2) is 54.6 Å². The summed E-state index contributed by atoms with van der Waals surface area (Å²) in [4.78, 5) is 28.9. The lowest BCUT2D eigenvalue weighted by atomic mass is 10.0. The number of amides is 1. The molecular weight excluding hydrogens is 352 g/mol. The second-order valence-corrected chi connectivity index (χ2v) is 7.57. The maximum Gasteiger partial charge on any atom is 0.236 e. The van der Waals surface area contributed by atoms with Crippen molar-refractivity contribution >= 4 is 11.7 Å². The van der Waals surface area contributed by atoms with E-state index in [0.29, 0.717) is 17.7 Å². The number of carbonyl (C=O) groups excluding carboxylic acids is 2. The third-order valence-corrected chi connectivity index (χ3v) is 5.50. The molecular formula is C23H26N2O3. The van der Waals surface area contributed by atoms with Gasteiger partial charge in [0.15, 0.2) is 5.78 Å². The van der Waals surface area contributed by atoms with E-state index >= 15 is 0 Å². The van der Waals surface area contributed by atoms with Crippen LogP contribution in [0.2, 0.25) is 0 Å². The Bertz CT molecular complexity index is 814. The van der Waals surface area contributed by atoms with E-state index in [-0.39, 0.29) is 17.8 Å². The van der Waals surface area contributed by atoms with Crippen LogP contribution in [0.1, 0.15) is 35.2 Å². The fourth-order valence-corrected chi connectivity index (χ4v) is 3.93. The van der Waals surface area contributed by atoms with Crippen molar-refractivity contribution in [2.45, 2.75) is 25.4 Å². The first kappa shape index (κ1) is 18.7. The Morgan fingerprint density at radius 2 is 1.57 bits per heavy atom. The first-order valence-electron chi connectivity index (χ1n) is 10.1. The van der Waals surface area contributed by atoms with Gasteiger partial charge in [-0.2, -0.15) is 0 Å². The van der Waals surface area contributed by atoms with Gasteiger partial charge < -0.3 is 9.64 Å². The molecule has 146 valence electrons. The number of nitrogens with zero attached hydrogens (tertiary/aromatic N) is 2. The van der Waals surface area contributed by atoms with E-state index in [1.54, 1.807) is 0 Å². The Morgan fingerprint density at radius 3 is 2.29 bits per heavy atom. The molecule has 0 aromatic heterocycles. The fourth-order valence-electron chi connectivity index (χ4n) is 3.93. The van der Waals surface area contributed by atoms with Crippen molar-refractivity contribution in [2.24, 2.45) is 0 Å². The molecule has 2 aliphatic heterocycles. The first-order valence-corrected chi connectivity index (χ1v) is 10.1. The van der Waals surface area contributed by atoms with Crippen molar-refractivity contribution in [2.75, 3.05) is 32.7 Å². The zero-order valence-corrected chi connectivity index (χ0v) is 16.0. The van der Waals surface area contributed by atoms with Crippen molar-refractivity contribution in [3.63, 3.8) is 0 Å². The molecule has 28 heavy (non-hydrogen) atoms. The minimum atomic E-state index is 0.0135. The van der Waals surface area contributed by atoms with Gasteiger partial charge in [-0.3, -0.25) is 14.5 Å². The molecule has 2 aromatic carbocycles. The number of likely N-dealkylation sites (tertiary alicyclic amines) is 2.